The van der Waals surface area contributed by atoms with Crippen molar-refractivity contribution in [2.45, 2.75) is 6.32 Å². The van der Waals surface area contributed by atoms with Gasteiger partial charge in [-0.3, -0.25) is 12.7 Å². The van der Waals surface area contributed by atoms with Crippen LogP contribution in [0.5, 0.6) is 0 Å². The molecule has 2 aromatic carbocycles. The van der Waals surface area contributed by atoms with Gasteiger partial charge in [-0.25, -0.2) is 10.7 Å². The van der Waals surface area contributed by atoms with Gasteiger partial charge >= 0.3 is 0 Å². The van der Waals surface area contributed by atoms with Gasteiger partial charge in [0.1, 0.15) is 5.82 Å². The Kier molecular flexibility index (Phi) is 3.18. The molecule has 2 aromatic rings. The lowest BCUT2D eigenvalue weighted by atomic mass is 9.65. The van der Waals surface area contributed by atoms with Gasteiger partial charge in [-0.05, 0) is 12.1 Å². The summed E-state index contributed by atoms with van der Waals surface area (Å²) in [6.07, 6.45) is 0.881. The molecule has 0 amide bonds. The van der Waals surface area contributed by atoms with E-state index in [1.165, 1.54) is 17.7 Å². The summed E-state index contributed by atoms with van der Waals surface area (Å²) in [4.78, 5) is 0. The molecule has 74 valence electrons. The van der Waals surface area contributed by atoms with E-state index < -0.39 is 0 Å². The van der Waals surface area contributed by atoms with E-state index >= 15 is 0 Å². The Labute approximate surface area is 90.0 Å². The largest absolute Gasteiger partial charge is 0.291 e. The minimum Gasteiger partial charge on any atom is -0.291 e. The van der Waals surface area contributed by atoms with Crippen molar-refractivity contribution in [1.29, 1.82) is 0 Å². The first-order valence-electron chi connectivity index (χ1n) is 4.97. The normalized spacial score (nSPS) is 10.2. The Morgan fingerprint density at radius 3 is 2.20 bits per heavy atom. The molecule has 0 atom stereocenters. The molecule has 2 rings (SSSR count). The van der Waals surface area contributed by atoms with Gasteiger partial charge in [-0.1, -0.05) is 35.9 Å². The number of halogens is 1. The molecular formula is C13H11BF-. The van der Waals surface area contributed by atoms with E-state index in [1.807, 2.05) is 18.2 Å². The van der Waals surface area contributed by atoms with E-state index in [0.29, 0.717) is 0 Å². The minimum absolute atomic E-state index is 0.188. The van der Waals surface area contributed by atoms with Crippen LogP contribution in [-0.4, -0.2) is 7.28 Å². The Morgan fingerprint density at radius 2 is 1.53 bits per heavy atom. The summed E-state index contributed by atoms with van der Waals surface area (Å²) < 4.78 is 12.6. The van der Waals surface area contributed by atoms with E-state index in [0.717, 1.165) is 11.8 Å². The maximum absolute atomic E-state index is 12.6. The SMILES string of the molecule is Fc1ccc([B-]Cc2ccccc2)cc1. The Bertz CT molecular complexity index is 408. The molecule has 0 heterocycles. The fraction of sp³-hybridized carbons (Fsp3) is 0.0769. The maximum atomic E-state index is 12.6. The van der Waals surface area contributed by atoms with Crippen molar-refractivity contribution in [2.75, 3.05) is 0 Å². The summed E-state index contributed by atoms with van der Waals surface area (Å²) in [5.74, 6) is -0.188. The van der Waals surface area contributed by atoms with Crippen LogP contribution in [0.4, 0.5) is 4.39 Å². The van der Waals surface area contributed by atoms with Crippen LogP contribution in [0.3, 0.4) is 0 Å². The molecule has 0 saturated carbocycles. The van der Waals surface area contributed by atoms with Gasteiger partial charge < -0.3 is 0 Å². The fourth-order valence-corrected chi connectivity index (χ4v) is 1.45. The van der Waals surface area contributed by atoms with Crippen LogP contribution in [0.2, 0.25) is 0 Å². The Morgan fingerprint density at radius 1 is 0.867 bits per heavy atom. The summed E-state index contributed by atoms with van der Waals surface area (Å²) >= 11 is 0. The average molecular weight is 197 g/mol. The summed E-state index contributed by atoms with van der Waals surface area (Å²) in [7, 11) is 2.09. The van der Waals surface area contributed by atoms with E-state index in [4.69, 9.17) is 0 Å². The maximum Gasteiger partial charge on any atom is 0.122 e. The molecule has 0 bridgehead atoms. The summed E-state index contributed by atoms with van der Waals surface area (Å²) in [6, 6.07) is 16.8. The Balaban J connectivity index is 1.96. The predicted molar refractivity (Wildman–Crippen MR) is 61.9 cm³/mol. The van der Waals surface area contributed by atoms with Gasteiger partial charge in [-0.2, -0.15) is 0 Å². The smallest absolute Gasteiger partial charge is 0.122 e. The third-order valence-electron chi connectivity index (χ3n) is 2.29. The monoisotopic (exact) mass is 197 g/mol. The van der Waals surface area contributed by atoms with Crippen molar-refractivity contribution in [3.63, 3.8) is 0 Å². The van der Waals surface area contributed by atoms with Crippen LogP contribution in [0, 0.1) is 5.82 Å². The zero-order valence-electron chi connectivity index (χ0n) is 8.36. The van der Waals surface area contributed by atoms with Crippen molar-refractivity contribution in [1.82, 2.24) is 0 Å². The highest BCUT2D eigenvalue weighted by molar-refractivity contribution is 6.52. The van der Waals surface area contributed by atoms with Crippen LogP contribution in [0.25, 0.3) is 0 Å². The van der Waals surface area contributed by atoms with E-state index in [9.17, 15) is 4.39 Å². The second kappa shape index (κ2) is 4.78. The number of benzene rings is 2. The zero-order valence-corrected chi connectivity index (χ0v) is 8.36. The van der Waals surface area contributed by atoms with Crippen molar-refractivity contribution in [3.8, 4) is 0 Å². The lowest BCUT2D eigenvalue weighted by Crippen LogP contribution is -2.16. The van der Waals surface area contributed by atoms with Crippen molar-refractivity contribution in [3.05, 3.63) is 66.0 Å². The number of hydrogen-bond acceptors (Lipinski definition) is 0. The van der Waals surface area contributed by atoms with Gasteiger partial charge in [0.25, 0.3) is 0 Å². The number of hydrogen-bond donors (Lipinski definition) is 0. The summed E-state index contributed by atoms with van der Waals surface area (Å²) in [5, 5.41) is 0. The molecular weight excluding hydrogens is 186 g/mol. The average Bonchev–Trinajstić information content (AvgIpc) is 2.30. The topological polar surface area (TPSA) is 0 Å². The fourth-order valence-electron chi connectivity index (χ4n) is 1.45. The van der Waals surface area contributed by atoms with Crippen LogP contribution >= 0.6 is 0 Å². The first kappa shape index (κ1) is 9.97. The van der Waals surface area contributed by atoms with E-state index in [-0.39, 0.29) is 5.82 Å². The third kappa shape index (κ3) is 2.95. The molecule has 2 radical (unpaired) electrons. The van der Waals surface area contributed by atoms with Gasteiger partial charge in [0.15, 0.2) is 0 Å². The molecule has 0 aliphatic heterocycles. The molecule has 0 aliphatic carbocycles. The molecule has 0 unspecified atom stereocenters. The second-order valence-corrected chi connectivity index (χ2v) is 3.45. The van der Waals surface area contributed by atoms with Crippen LogP contribution in [-0.2, 0) is 6.32 Å². The molecule has 0 saturated heterocycles. The van der Waals surface area contributed by atoms with Gasteiger partial charge in [0.2, 0.25) is 0 Å². The molecule has 0 fully saturated rings. The van der Waals surface area contributed by atoms with Crippen molar-refractivity contribution in [2.24, 2.45) is 0 Å². The lowest BCUT2D eigenvalue weighted by molar-refractivity contribution is 0.628. The quantitative estimate of drug-likeness (QED) is 0.662. The Hall–Kier alpha value is -1.57. The minimum atomic E-state index is -0.188. The van der Waals surface area contributed by atoms with Gasteiger partial charge in [0.05, 0.1) is 0 Å². The summed E-state index contributed by atoms with van der Waals surface area (Å²) in [5.41, 5.74) is 2.32. The van der Waals surface area contributed by atoms with Crippen molar-refractivity contribution < 1.29 is 4.39 Å². The van der Waals surface area contributed by atoms with Crippen LogP contribution in [0.1, 0.15) is 5.56 Å². The lowest BCUT2D eigenvalue weighted by Gasteiger charge is -2.15. The zero-order chi connectivity index (χ0) is 10.5. The molecule has 2 heteroatoms. The highest BCUT2D eigenvalue weighted by Crippen LogP contribution is 1.99. The predicted octanol–water partition coefficient (Wildman–Crippen LogP) is 2.36. The van der Waals surface area contributed by atoms with E-state index in [2.05, 4.69) is 19.4 Å². The molecule has 0 aliphatic rings. The highest BCUT2D eigenvalue weighted by atomic mass is 19.1. The number of rotatable bonds is 3. The van der Waals surface area contributed by atoms with Gasteiger partial charge in [0, 0.05) is 0 Å². The van der Waals surface area contributed by atoms with Crippen LogP contribution < -0.4 is 5.46 Å². The first-order chi connectivity index (χ1) is 7.34. The molecule has 0 aromatic heterocycles. The van der Waals surface area contributed by atoms with Crippen LogP contribution in [0.15, 0.2) is 54.6 Å². The van der Waals surface area contributed by atoms with Gasteiger partial charge in [-0.15, -0.1) is 12.1 Å². The highest BCUT2D eigenvalue weighted by Gasteiger charge is 1.85. The summed E-state index contributed by atoms with van der Waals surface area (Å²) in [6.45, 7) is 0. The van der Waals surface area contributed by atoms with Crippen molar-refractivity contribution >= 4 is 12.7 Å². The first-order valence-corrected chi connectivity index (χ1v) is 4.97. The third-order valence-corrected chi connectivity index (χ3v) is 2.29. The molecule has 0 spiro atoms. The molecule has 0 N–H and O–H groups in total. The molecule has 15 heavy (non-hydrogen) atoms. The second-order valence-electron chi connectivity index (χ2n) is 3.45. The molecule has 0 nitrogen and oxygen atoms in total. The standard InChI is InChI=1S/C13H11BF/c15-13-8-6-12(7-9-13)14-10-11-4-2-1-3-5-11/h1-9H,10H2/q-1. The van der Waals surface area contributed by atoms with E-state index in [1.54, 1.807) is 12.1 Å².